The maximum atomic E-state index is 6.23. The first kappa shape index (κ1) is 28.4. The van der Waals surface area contributed by atoms with Crippen LogP contribution in [0.15, 0.2) is 45.2 Å². The summed E-state index contributed by atoms with van der Waals surface area (Å²) in [6, 6.07) is 3.25. The molecule has 31 heavy (non-hydrogen) atoms. The SMILES string of the molecule is CC(=COCCCCCOc1c(Cl)cc(OCC=C(Cl)Cl)cc1Cl)NOCC=C(Cl)Cl. The van der Waals surface area contributed by atoms with E-state index >= 15 is 0 Å². The van der Waals surface area contributed by atoms with Crippen LogP contribution in [0.25, 0.3) is 0 Å². The Morgan fingerprint density at radius 3 is 2.13 bits per heavy atom. The van der Waals surface area contributed by atoms with Crippen LogP contribution in [-0.2, 0) is 9.57 Å². The predicted molar refractivity (Wildman–Crippen MR) is 130 cm³/mol. The number of hydroxylamine groups is 1. The Bertz CT molecular complexity index is 739. The van der Waals surface area contributed by atoms with E-state index in [2.05, 4.69) is 5.48 Å². The van der Waals surface area contributed by atoms with Crippen LogP contribution in [-0.4, -0.2) is 26.4 Å². The topological polar surface area (TPSA) is 49.0 Å². The first-order chi connectivity index (χ1) is 14.8. The molecule has 0 radical (unpaired) electrons. The molecule has 0 saturated heterocycles. The summed E-state index contributed by atoms with van der Waals surface area (Å²) < 4.78 is 16.9. The average molecular weight is 554 g/mol. The van der Waals surface area contributed by atoms with Gasteiger partial charge >= 0.3 is 0 Å². The van der Waals surface area contributed by atoms with Gasteiger partial charge in [-0.2, -0.15) is 0 Å². The molecular formula is C20H23Cl6NO4. The molecule has 0 aromatic heterocycles. The highest BCUT2D eigenvalue weighted by atomic mass is 35.5. The fourth-order valence-corrected chi connectivity index (χ4v) is 2.89. The van der Waals surface area contributed by atoms with Gasteiger partial charge < -0.3 is 14.2 Å². The van der Waals surface area contributed by atoms with Crippen molar-refractivity contribution in [2.45, 2.75) is 26.2 Å². The van der Waals surface area contributed by atoms with Gasteiger partial charge in [0, 0.05) is 12.1 Å². The number of hydrogen-bond acceptors (Lipinski definition) is 5. The minimum atomic E-state index is 0.126. The van der Waals surface area contributed by atoms with Crippen molar-refractivity contribution in [3.8, 4) is 11.5 Å². The smallest absolute Gasteiger partial charge is 0.156 e. The highest BCUT2D eigenvalue weighted by molar-refractivity contribution is 6.56. The van der Waals surface area contributed by atoms with Crippen LogP contribution < -0.4 is 15.0 Å². The Balaban J connectivity index is 2.21. The van der Waals surface area contributed by atoms with Crippen LogP contribution in [0.2, 0.25) is 10.0 Å². The van der Waals surface area contributed by atoms with Crippen molar-refractivity contribution in [2.75, 3.05) is 26.4 Å². The highest BCUT2D eigenvalue weighted by Gasteiger charge is 2.10. The fraction of sp³-hybridized carbons (Fsp3) is 0.400. The van der Waals surface area contributed by atoms with Crippen molar-refractivity contribution in [3.63, 3.8) is 0 Å². The number of rotatable bonds is 15. The molecule has 0 spiro atoms. The van der Waals surface area contributed by atoms with Gasteiger partial charge in [-0.05, 0) is 38.3 Å². The van der Waals surface area contributed by atoms with E-state index in [0.29, 0.717) is 34.8 Å². The van der Waals surface area contributed by atoms with Crippen molar-refractivity contribution < 1.29 is 19.0 Å². The number of halogens is 6. The first-order valence-corrected chi connectivity index (χ1v) is 11.5. The normalized spacial score (nSPS) is 11.0. The van der Waals surface area contributed by atoms with Gasteiger partial charge in [0.2, 0.25) is 0 Å². The van der Waals surface area contributed by atoms with Gasteiger partial charge in [-0.3, -0.25) is 10.3 Å². The maximum absolute atomic E-state index is 6.23. The first-order valence-electron chi connectivity index (χ1n) is 9.22. The summed E-state index contributed by atoms with van der Waals surface area (Å²) in [4.78, 5) is 5.11. The van der Waals surface area contributed by atoms with E-state index in [9.17, 15) is 0 Å². The van der Waals surface area contributed by atoms with Crippen LogP contribution in [0.3, 0.4) is 0 Å². The number of ether oxygens (including phenoxy) is 3. The van der Waals surface area contributed by atoms with Gasteiger partial charge in [-0.15, -0.1) is 0 Å². The molecule has 0 bridgehead atoms. The summed E-state index contributed by atoms with van der Waals surface area (Å²) in [5.74, 6) is 0.917. The zero-order valence-corrected chi connectivity index (χ0v) is 21.3. The van der Waals surface area contributed by atoms with Gasteiger partial charge in [-0.25, -0.2) is 0 Å². The maximum Gasteiger partial charge on any atom is 0.156 e. The fourth-order valence-electron chi connectivity index (χ4n) is 2.07. The van der Waals surface area contributed by atoms with E-state index in [1.54, 1.807) is 18.4 Å². The third-order valence-corrected chi connectivity index (χ3v) is 4.61. The van der Waals surface area contributed by atoms with Crippen LogP contribution in [0.4, 0.5) is 0 Å². The van der Waals surface area contributed by atoms with Crippen LogP contribution >= 0.6 is 69.6 Å². The van der Waals surface area contributed by atoms with Crippen molar-refractivity contribution in [1.82, 2.24) is 5.48 Å². The minimum Gasteiger partial charge on any atom is -0.499 e. The van der Waals surface area contributed by atoms with Gasteiger partial charge in [0.1, 0.15) is 27.6 Å². The van der Waals surface area contributed by atoms with Gasteiger partial charge in [0.05, 0.1) is 35.6 Å². The second-order valence-electron chi connectivity index (χ2n) is 6.01. The third-order valence-electron chi connectivity index (χ3n) is 3.43. The van der Waals surface area contributed by atoms with E-state index in [4.69, 9.17) is 88.7 Å². The molecule has 174 valence electrons. The zero-order chi connectivity index (χ0) is 23.1. The average Bonchev–Trinajstić information content (AvgIpc) is 2.68. The molecule has 1 rings (SSSR count). The van der Waals surface area contributed by atoms with Crippen molar-refractivity contribution in [2.24, 2.45) is 0 Å². The molecule has 0 aliphatic rings. The quantitative estimate of drug-likeness (QED) is 0.136. The molecule has 0 atom stereocenters. The van der Waals surface area contributed by atoms with Gasteiger partial charge in [-0.1, -0.05) is 69.6 Å². The predicted octanol–water partition coefficient (Wildman–Crippen LogP) is 7.96. The van der Waals surface area contributed by atoms with E-state index in [1.165, 1.54) is 12.2 Å². The molecule has 0 fully saturated rings. The second-order valence-corrected chi connectivity index (χ2v) is 8.84. The molecule has 0 aliphatic heterocycles. The molecule has 1 N–H and O–H groups in total. The minimum absolute atomic E-state index is 0.126. The number of unbranched alkanes of at least 4 members (excludes halogenated alkanes) is 2. The summed E-state index contributed by atoms with van der Waals surface area (Å²) in [7, 11) is 0. The lowest BCUT2D eigenvalue weighted by atomic mass is 10.2. The molecule has 0 unspecified atom stereocenters. The lowest BCUT2D eigenvalue weighted by molar-refractivity contribution is 0.0819. The Hall–Kier alpha value is -0.660. The zero-order valence-electron chi connectivity index (χ0n) is 16.7. The summed E-state index contributed by atoms with van der Waals surface area (Å²) in [6.07, 6.45) is 7.22. The Kier molecular flexibility index (Phi) is 15.5. The molecule has 0 amide bonds. The van der Waals surface area contributed by atoms with Crippen molar-refractivity contribution >= 4 is 69.6 Å². The van der Waals surface area contributed by atoms with E-state index in [0.717, 1.165) is 25.0 Å². The molecule has 11 heteroatoms. The van der Waals surface area contributed by atoms with Crippen LogP contribution in [0.5, 0.6) is 11.5 Å². The number of nitrogens with one attached hydrogen (secondary N) is 1. The molecule has 0 heterocycles. The van der Waals surface area contributed by atoms with Gasteiger partial charge in [0.15, 0.2) is 5.75 Å². The monoisotopic (exact) mass is 551 g/mol. The number of allylic oxidation sites excluding steroid dienone is 1. The van der Waals surface area contributed by atoms with Crippen LogP contribution in [0.1, 0.15) is 26.2 Å². The lowest BCUT2D eigenvalue weighted by Gasteiger charge is -2.12. The summed E-state index contributed by atoms with van der Waals surface area (Å²) in [5.41, 5.74) is 3.43. The Morgan fingerprint density at radius 2 is 1.48 bits per heavy atom. The van der Waals surface area contributed by atoms with Crippen molar-refractivity contribution in [3.05, 3.63) is 55.3 Å². The Labute approximate surface area is 212 Å². The molecule has 0 saturated carbocycles. The van der Waals surface area contributed by atoms with E-state index in [1.807, 2.05) is 6.92 Å². The third kappa shape index (κ3) is 14.2. The molecule has 0 aliphatic carbocycles. The largest absolute Gasteiger partial charge is 0.499 e. The summed E-state index contributed by atoms with van der Waals surface area (Å²) >= 11 is 34.5. The number of hydrogen-bond donors (Lipinski definition) is 1. The highest BCUT2D eigenvalue weighted by Crippen LogP contribution is 2.37. The molecule has 5 nitrogen and oxygen atoms in total. The van der Waals surface area contributed by atoms with Gasteiger partial charge in [0.25, 0.3) is 0 Å². The molecular weight excluding hydrogens is 531 g/mol. The van der Waals surface area contributed by atoms with E-state index in [-0.39, 0.29) is 22.2 Å². The van der Waals surface area contributed by atoms with E-state index < -0.39 is 0 Å². The molecule has 1 aromatic carbocycles. The van der Waals surface area contributed by atoms with Crippen molar-refractivity contribution in [1.29, 1.82) is 0 Å². The standard InChI is InChI=1S/C20H23Cl6NO4/c1-14(27-31-10-6-19(25)26)13-28-7-3-2-4-8-30-20-16(21)11-15(12-17(20)22)29-9-5-18(23)24/h5-6,11-13,27H,2-4,7-10H2,1H3. The Morgan fingerprint density at radius 1 is 0.871 bits per heavy atom. The second kappa shape index (κ2) is 16.9. The molecule has 1 aromatic rings. The summed E-state index contributed by atoms with van der Waals surface area (Å²) in [5, 5.41) is 0.733. The summed E-state index contributed by atoms with van der Waals surface area (Å²) in [6.45, 7) is 3.31. The number of benzene rings is 1. The lowest BCUT2D eigenvalue weighted by Crippen LogP contribution is -2.12. The van der Waals surface area contributed by atoms with Crippen LogP contribution in [0, 0.1) is 0 Å².